The van der Waals surface area contributed by atoms with Crippen LogP contribution in [0.5, 0.6) is 0 Å². The summed E-state index contributed by atoms with van der Waals surface area (Å²) in [5.74, 6) is 1.71. The van der Waals surface area contributed by atoms with E-state index in [4.69, 9.17) is 0 Å². The van der Waals surface area contributed by atoms with Gasteiger partial charge in [0.1, 0.15) is 11.6 Å². The van der Waals surface area contributed by atoms with Gasteiger partial charge in [-0.25, -0.2) is 9.67 Å². The second-order valence-corrected chi connectivity index (χ2v) is 5.70. The predicted molar refractivity (Wildman–Crippen MR) is 93.0 cm³/mol. The topological polar surface area (TPSA) is 56.5 Å². The van der Waals surface area contributed by atoms with Gasteiger partial charge in [0.05, 0.1) is 11.2 Å². The molecule has 4 aromatic rings. The molecule has 0 aliphatic carbocycles. The van der Waals surface area contributed by atoms with Gasteiger partial charge < -0.3 is 0 Å². The highest BCUT2D eigenvalue weighted by Crippen LogP contribution is 2.21. The van der Waals surface area contributed by atoms with Crippen LogP contribution in [0.2, 0.25) is 0 Å². The van der Waals surface area contributed by atoms with E-state index in [1.165, 1.54) is 5.56 Å². The highest BCUT2D eigenvalue weighted by atomic mass is 15.4. The van der Waals surface area contributed by atoms with E-state index in [9.17, 15) is 0 Å². The lowest BCUT2D eigenvalue weighted by Crippen LogP contribution is -2.06. The van der Waals surface area contributed by atoms with E-state index in [2.05, 4.69) is 38.2 Å². The first-order valence-corrected chi connectivity index (χ1v) is 7.97. The number of fused-ring (bicyclic) bond motifs is 1. The van der Waals surface area contributed by atoms with Crippen molar-refractivity contribution in [2.75, 3.05) is 0 Å². The summed E-state index contributed by atoms with van der Waals surface area (Å²) in [4.78, 5) is 13.3. The summed E-state index contributed by atoms with van der Waals surface area (Å²) in [6.45, 7) is 1.92. The molecule has 24 heavy (non-hydrogen) atoms. The maximum absolute atomic E-state index is 4.61. The van der Waals surface area contributed by atoms with Gasteiger partial charge in [0.2, 0.25) is 0 Å². The molecule has 0 aliphatic heterocycles. The summed E-state index contributed by atoms with van der Waals surface area (Å²) in [6.07, 6.45) is 7.18. The molecule has 0 radical (unpaired) electrons. The Morgan fingerprint density at radius 1 is 0.958 bits per heavy atom. The van der Waals surface area contributed by atoms with Crippen molar-refractivity contribution in [1.29, 1.82) is 0 Å². The summed E-state index contributed by atoms with van der Waals surface area (Å²) in [7, 11) is 0. The van der Waals surface area contributed by atoms with Crippen molar-refractivity contribution >= 4 is 10.9 Å². The van der Waals surface area contributed by atoms with Crippen molar-refractivity contribution in [3.63, 3.8) is 0 Å². The molecule has 0 saturated carbocycles. The van der Waals surface area contributed by atoms with Crippen molar-refractivity contribution < 1.29 is 0 Å². The number of aryl methyl sites for hydroxylation is 3. The molecule has 3 aromatic heterocycles. The minimum Gasteiger partial charge on any atom is -0.264 e. The number of hydrogen-bond donors (Lipinski definition) is 0. The molecule has 0 aliphatic rings. The fraction of sp³-hybridized carbons (Fsp3) is 0.158. The zero-order valence-corrected chi connectivity index (χ0v) is 13.4. The summed E-state index contributed by atoms with van der Waals surface area (Å²) < 4.78 is 1.92. The second-order valence-electron chi connectivity index (χ2n) is 5.70. The van der Waals surface area contributed by atoms with E-state index in [0.29, 0.717) is 0 Å². The Balaban J connectivity index is 1.73. The lowest BCUT2D eigenvalue weighted by molar-refractivity contribution is 0.769. The van der Waals surface area contributed by atoms with Gasteiger partial charge in [-0.2, -0.15) is 5.10 Å². The fourth-order valence-corrected chi connectivity index (χ4v) is 2.87. The lowest BCUT2D eigenvalue weighted by Gasteiger charge is -2.08. The molecular weight excluding hydrogens is 298 g/mol. The molecule has 0 saturated heterocycles. The SMILES string of the molecule is Cc1nc(CCc2cccnc2)n(-c2cccc3cccnc23)n1. The third-order valence-electron chi connectivity index (χ3n) is 3.98. The molecule has 5 heteroatoms. The predicted octanol–water partition coefficient (Wildman–Crippen LogP) is 3.30. The Kier molecular flexibility index (Phi) is 3.75. The molecule has 4 rings (SSSR count). The van der Waals surface area contributed by atoms with Gasteiger partial charge in [0.25, 0.3) is 0 Å². The molecule has 0 fully saturated rings. The molecule has 3 heterocycles. The maximum atomic E-state index is 4.61. The van der Waals surface area contributed by atoms with Gasteiger partial charge in [-0.3, -0.25) is 9.97 Å². The van der Waals surface area contributed by atoms with Crippen molar-refractivity contribution in [3.8, 4) is 5.69 Å². The Labute approximate surface area is 140 Å². The Morgan fingerprint density at radius 3 is 2.71 bits per heavy atom. The Bertz CT molecular complexity index is 970. The summed E-state index contributed by atoms with van der Waals surface area (Å²) in [5, 5.41) is 5.69. The van der Waals surface area contributed by atoms with E-state index in [-0.39, 0.29) is 0 Å². The van der Waals surface area contributed by atoms with E-state index >= 15 is 0 Å². The fourth-order valence-electron chi connectivity index (χ4n) is 2.87. The van der Waals surface area contributed by atoms with Gasteiger partial charge in [-0.1, -0.05) is 24.3 Å². The Hall–Kier alpha value is -3.08. The monoisotopic (exact) mass is 315 g/mol. The van der Waals surface area contributed by atoms with Crippen LogP contribution in [0.3, 0.4) is 0 Å². The molecular formula is C19H17N5. The molecule has 5 nitrogen and oxygen atoms in total. The van der Waals surface area contributed by atoms with Crippen LogP contribution in [0.25, 0.3) is 16.6 Å². The number of para-hydroxylation sites is 1. The molecule has 0 spiro atoms. The number of rotatable bonds is 4. The summed E-state index contributed by atoms with van der Waals surface area (Å²) in [6, 6.07) is 14.2. The zero-order valence-electron chi connectivity index (χ0n) is 13.4. The van der Waals surface area contributed by atoms with E-state index in [0.717, 1.165) is 41.1 Å². The smallest absolute Gasteiger partial charge is 0.148 e. The van der Waals surface area contributed by atoms with Crippen molar-refractivity contribution in [2.45, 2.75) is 19.8 Å². The van der Waals surface area contributed by atoms with Crippen LogP contribution in [-0.4, -0.2) is 24.7 Å². The first-order valence-electron chi connectivity index (χ1n) is 7.97. The van der Waals surface area contributed by atoms with Crippen molar-refractivity contribution in [1.82, 2.24) is 24.7 Å². The highest BCUT2D eigenvalue weighted by molar-refractivity contribution is 5.86. The second kappa shape index (κ2) is 6.20. The van der Waals surface area contributed by atoms with Gasteiger partial charge in [0.15, 0.2) is 0 Å². The average Bonchev–Trinajstić information content (AvgIpc) is 3.01. The molecule has 0 unspecified atom stereocenters. The quantitative estimate of drug-likeness (QED) is 0.580. The van der Waals surface area contributed by atoms with Gasteiger partial charge in [-0.05, 0) is 37.1 Å². The summed E-state index contributed by atoms with van der Waals surface area (Å²) in [5.41, 5.74) is 3.10. The minimum atomic E-state index is 0.768. The molecule has 0 amide bonds. The number of nitrogens with zero attached hydrogens (tertiary/aromatic N) is 5. The third kappa shape index (κ3) is 2.76. The molecule has 0 bridgehead atoms. The minimum absolute atomic E-state index is 0.768. The first kappa shape index (κ1) is 14.5. The number of hydrogen-bond acceptors (Lipinski definition) is 4. The van der Waals surface area contributed by atoms with Gasteiger partial charge >= 0.3 is 0 Å². The molecule has 1 aromatic carbocycles. The van der Waals surface area contributed by atoms with Gasteiger partial charge in [0, 0.05) is 30.4 Å². The first-order chi connectivity index (χ1) is 11.8. The van der Waals surface area contributed by atoms with Gasteiger partial charge in [-0.15, -0.1) is 0 Å². The molecule has 0 atom stereocenters. The van der Waals surface area contributed by atoms with Crippen molar-refractivity contribution in [3.05, 3.63) is 78.3 Å². The highest BCUT2D eigenvalue weighted by Gasteiger charge is 2.12. The van der Waals surface area contributed by atoms with E-state index in [1.54, 1.807) is 6.20 Å². The zero-order chi connectivity index (χ0) is 16.4. The summed E-state index contributed by atoms with van der Waals surface area (Å²) >= 11 is 0. The standard InChI is InChI=1S/C19H17N5/c1-14-22-18(10-9-15-5-3-11-20-13-15)24(23-14)17-8-2-6-16-7-4-12-21-19(16)17/h2-8,11-13H,9-10H2,1H3. The van der Waals surface area contributed by atoms with E-state index in [1.807, 2.05) is 48.3 Å². The third-order valence-corrected chi connectivity index (χ3v) is 3.98. The normalized spacial score (nSPS) is 11.0. The molecule has 0 N–H and O–H groups in total. The lowest BCUT2D eigenvalue weighted by atomic mass is 10.1. The van der Waals surface area contributed by atoms with Crippen LogP contribution >= 0.6 is 0 Å². The largest absolute Gasteiger partial charge is 0.264 e. The molecule has 118 valence electrons. The van der Waals surface area contributed by atoms with Crippen LogP contribution in [-0.2, 0) is 12.8 Å². The van der Waals surface area contributed by atoms with Crippen LogP contribution < -0.4 is 0 Å². The average molecular weight is 315 g/mol. The van der Waals surface area contributed by atoms with Crippen molar-refractivity contribution in [2.24, 2.45) is 0 Å². The maximum Gasteiger partial charge on any atom is 0.148 e. The van der Waals surface area contributed by atoms with Crippen LogP contribution in [0, 0.1) is 6.92 Å². The van der Waals surface area contributed by atoms with Crippen LogP contribution in [0.1, 0.15) is 17.2 Å². The number of pyridine rings is 2. The van der Waals surface area contributed by atoms with E-state index < -0.39 is 0 Å². The number of benzene rings is 1. The van der Waals surface area contributed by atoms with Crippen LogP contribution in [0.4, 0.5) is 0 Å². The number of aromatic nitrogens is 5. The van der Waals surface area contributed by atoms with Crippen LogP contribution in [0.15, 0.2) is 61.1 Å². The Morgan fingerprint density at radius 2 is 1.83 bits per heavy atom.